The number of carbonyl (C=O) groups is 1. The number of hydrogen-bond acceptors (Lipinski definition) is 3. The maximum Gasteiger partial charge on any atom is 0.359 e. The zero-order chi connectivity index (χ0) is 12.3. The molecule has 0 fully saturated rings. The fourth-order valence-corrected chi connectivity index (χ4v) is 3.83. The van der Waals surface area contributed by atoms with E-state index in [1.807, 2.05) is 48.6 Å². The second-order valence-electron chi connectivity index (χ2n) is 3.42. The van der Waals surface area contributed by atoms with E-state index in [0.717, 1.165) is 23.5 Å². The smallest absolute Gasteiger partial charge is 0.359 e. The van der Waals surface area contributed by atoms with Crippen molar-refractivity contribution in [3.8, 4) is 10.6 Å². The maximum atomic E-state index is 11.6. The van der Waals surface area contributed by atoms with Crippen LogP contribution in [0.15, 0.2) is 30.3 Å². The van der Waals surface area contributed by atoms with E-state index in [9.17, 15) is 4.79 Å². The van der Waals surface area contributed by atoms with Gasteiger partial charge < -0.3 is 4.74 Å². The minimum atomic E-state index is -0.211. The summed E-state index contributed by atoms with van der Waals surface area (Å²) in [6, 6.07) is 10.1. The van der Waals surface area contributed by atoms with Crippen molar-refractivity contribution >= 4 is 25.7 Å². The highest BCUT2D eigenvalue weighted by Gasteiger charge is 2.22. The molecule has 0 amide bonds. The molecule has 0 bridgehead atoms. The summed E-state index contributed by atoms with van der Waals surface area (Å²) in [7, 11) is 2.87. The van der Waals surface area contributed by atoms with E-state index in [4.69, 9.17) is 4.74 Å². The summed E-state index contributed by atoms with van der Waals surface area (Å²) < 4.78 is 7.79. The van der Waals surface area contributed by atoms with E-state index in [0.29, 0.717) is 6.61 Å². The molecule has 0 aliphatic heterocycles. The summed E-state index contributed by atoms with van der Waals surface area (Å²) in [6.45, 7) is 2.24. The van der Waals surface area contributed by atoms with E-state index in [2.05, 4.69) is 0 Å². The van der Waals surface area contributed by atoms with Gasteiger partial charge in [0.25, 0.3) is 13.4 Å². The molecule has 0 radical (unpaired) electrons. The van der Waals surface area contributed by atoms with Crippen molar-refractivity contribution in [3.05, 3.63) is 34.9 Å². The van der Waals surface area contributed by atoms with Crippen LogP contribution in [0.1, 0.15) is 16.3 Å². The summed E-state index contributed by atoms with van der Waals surface area (Å²) in [5, 5.41) is 1.09. The van der Waals surface area contributed by atoms with Crippen LogP contribution in [0.5, 0.6) is 0 Å². The number of aromatic nitrogens is 1. The van der Waals surface area contributed by atoms with E-state index in [-0.39, 0.29) is 5.97 Å². The van der Waals surface area contributed by atoms with Gasteiger partial charge in [0, 0.05) is 0 Å². The summed E-state index contributed by atoms with van der Waals surface area (Å²) >= 11 is 1.49. The second-order valence-corrected chi connectivity index (χ2v) is 5.97. The molecule has 1 heterocycles. The second kappa shape index (κ2) is 5.39. The number of rotatable bonds is 3. The lowest BCUT2D eigenvalue weighted by Crippen LogP contribution is -2.22. The van der Waals surface area contributed by atoms with Crippen LogP contribution in [0.3, 0.4) is 0 Å². The van der Waals surface area contributed by atoms with Crippen molar-refractivity contribution in [1.82, 2.24) is 0 Å². The van der Waals surface area contributed by atoms with Gasteiger partial charge >= 0.3 is 5.97 Å². The first kappa shape index (κ1) is 12.2. The van der Waals surface area contributed by atoms with Gasteiger partial charge in [0.05, 0.1) is 12.2 Å². The molecule has 3 nitrogen and oxygen atoms in total. The lowest BCUT2D eigenvalue weighted by atomic mass is 10.2. The Morgan fingerprint density at radius 1 is 1.41 bits per heavy atom. The predicted molar refractivity (Wildman–Crippen MR) is 69.4 cm³/mol. The van der Waals surface area contributed by atoms with Crippen LogP contribution in [0.4, 0.5) is 0 Å². The standard InChI is InChI=1S/C12H13NO2PS/c1-3-15-11(14)12-16-13(2)10(17-12)9-7-5-4-6-8-9/h4-8H,3H2,1-2H3/q+1. The molecule has 2 rings (SSSR count). The molecule has 1 aromatic heterocycles. The van der Waals surface area contributed by atoms with Crippen molar-refractivity contribution in [2.45, 2.75) is 6.92 Å². The number of hydrogen-bond donors (Lipinski definition) is 0. The monoisotopic (exact) mass is 266 g/mol. The van der Waals surface area contributed by atoms with E-state index < -0.39 is 0 Å². The summed E-state index contributed by atoms with van der Waals surface area (Å²) in [5.74, 6) is -0.211. The van der Waals surface area contributed by atoms with Crippen LogP contribution in [0.25, 0.3) is 10.6 Å². The van der Waals surface area contributed by atoms with Crippen LogP contribution in [-0.4, -0.2) is 12.6 Å². The number of nitrogens with zero attached hydrogens (tertiary/aromatic N) is 1. The van der Waals surface area contributed by atoms with Gasteiger partial charge in [0.1, 0.15) is 7.05 Å². The Kier molecular flexibility index (Phi) is 3.87. The number of ether oxygens (including phenoxy) is 1. The molecule has 2 aromatic rings. The Morgan fingerprint density at radius 2 is 2.12 bits per heavy atom. The third kappa shape index (κ3) is 2.71. The third-order valence-corrected chi connectivity index (χ3v) is 4.78. The SMILES string of the molecule is CCOC(=O)c1p[n+](C)c(-c2ccccc2)s1. The molecular formula is C12H13NO2PS+. The predicted octanol–water partition coefficient (Wildman–Crippen LogP) is 3.00. The average molecular weight is 266 g/mol. The van der Waals surface area contributed by atoms with Crippen molar-refractivity contribution in [2.24, 2.45) is 7.05 Å². The third-order valence-electron chi connectivity index (χ3n) is 2.20. The molecule has 0 N–H and O–H groups in total. The molecular weight excluding hydrogens is 253 g/mol. The summed E-state index contributed by atoms with van der Waals surface area (Å²) in [6.07, 6.45) is 0. The number of benzene rings is 1. The lowest BCUT2D eigenvalue weighted by molar-refractivity contribution is -0.584. The molecule has 0 spiro atoms. The average Bonchev–Trinajstić information content (AvgIpc) is 2.73. The van der Waals surface area contributed by atoms with E-state index in [1.54, 1.807) is 0 Å². The Morgan fingerprint density at radius 3 is 2.76 bits per heavy atom. The highest BCUT2D eigenvalue weighted by molar-refractivity contribution is 7.39. The first-order valence-electron chi connectivity index (χ1n) is 5.32. The molecule has 88 valence electrons. The highest BCUT2D eigenvalue weighted by atomic mass is 32.1. The molecule has 5 heteroatoms. The van der Waals surface area contributed by atoms with Gasteiger partial charge in [-0.25, -0.2) is 4.79 Å². The topological polar surface area (TPSA) is 30.2 Å². The first-order valence-corrected chi connectivity index (χ1v) is 6.98. The van der Waals surface area contributed by atoms with Crippen LogP contribution in [0, 0.1) is 0 Å². The van der Waals surface area contributed by atoms with E-state index >= 15 is 0 Å². The van der Waals surface area contributed by atoms with Gasteiger partial charge in [-0.05, 0) is 30.4 Å². The van der Waals surface area contributed by atoms with Gasteiger partial charge in [-0.2, -0.15) is 4.33 Å². The number of carbonyl (C=O) groups excluding carboxylic acids is 1. The Hall–Kier alpha value is -1.25. The molecule has 0 saturated carbocycles. The molecule has 0 saturated heterocycles. The van der Waals surface area contributed by atoms with Crippen LogP contribution >= 0.6 is 19.7 Å². The van der Waals surface area contributed by atoms with Crippen molar-refractivity contribution in [3.63, 3.8) is 0 Å². The molecule has 1 aromatic carbocycles. The summed E-state index contributed by atoms with van der Waals surface area (Å²) in [4.78, 5) is 11.6. The fourth-order valence-electron chi connectivity index (χ4n) is 1.46. The highest BCUT2D eigenvalue weighted by Crippen LogP contribution is 2.28. The number of esters is 1. The largest absolute Gasteiger partial charge is 0.461 e. The quantitative estimate of drug-likeness (QED) is 0.799. The maximum absolute atomic E-state index is 11.6. The van der Waals surface area contributed by atoms with Crippen molar-refractivity contribution in [1.29, 1.82) is 0 Å². The van der Waals surface area contributed by atoms with Crippen LogP contribution in [0.2, 0.25) is 0 Å². The zero-order valence-corrected chi connectivity index (χ0v) is 11.4. The molecule has 0 aliphatic carbocycles. The molecule has 0 unspecified atom stereocenters. The van der Waals surface area contributed by atoms with Gasteiger partial charge in [0.2, 0.25) is 4.61 Å². The molecule has 0 aliphatic rings. The van der Waals surface area contributed by atoms with Crippen LogP contribution in [-0.2, 0) is 11.8 Å². The van der Waals surface area contributed by atoms with Gasteiger partial charge in [0.15, 0.2) is 0 Å². The van der Waals surface area contributed by atoms with Crippen molar-refractivity contribution in [2.75, 3.05) is 6.61 Å². The molecule has 0 atom stereocenters. The Balaban J connectivity index is 2.35. The fraction of sp³-hybridized carbons (Fsp3) is 0.250. The minimum absolute atomic E-state index is 0.211. The summed E-state index contributed by atoms with van der Waals surface area (Å²) in [5.41, 5.74) is 1.13. The van der Waals surface area contributed by atoms with Crippen LogP contribution < -0.4 is 4.33 Å². The molecule has 17 heavy (non-hydrogen) atoms. The zero-order valence-electron chi connectivity index (χ0n) is 9.71. The van der Waals surface area contributed by atoms with Crippen molar-refractivity contribution < 1.29 is 13.9 Å². The normalized spacial score (nSPS) is 10.7. The van der Waals surface area contributed by atoms with Gasteiger partial charge in [-0.3, -0.25) is 0 Å². The van der Waals surface area contributed by atoms with Gasteiger partial charge in [-0.15, -0.1) is 0 Å². The Labute approximate surface area is 106 Å². The first-order chi connectivity index (χ1) is 8.22. The van der Waals surface area contributed by atoms with E-state index in [1.165, 1.54) is 11.3 Å². The van der Waals surface area contributed by atoms with Gasteiger partial charge in [-0.1, -0.05) is 18.2 Å². The lowest BCUT2D eigenvalue weighted by Gasteiger charge is -1.93. The minimum Gasteiger partial charge on any atom is -0.461 e. The number of aryl methyl sites for hydroxylation is 1. The Bertz CT molecular complexity index is 525.